The monoisotopic (exact) mass is 340 g/mol. The number of amidine groups is 1. The van der Waals surface area contributed by atoms with Crippen LogP contribution in [0.4, 0.5) is 0 Å². The molecule has 0 aromatic heterocycles. The normalized spacial score (nSPS) is 15.0. The zero-order chi connectivity index (χ0) is 16.8. The molecule has 4 heteroatoms. The molecule has 0 fully saturated rings. The maximum Gasteiger partial charge on any atom is 0.157 e. The Labute approximate surface area is 148 Å². The van der Waals surface area contributed by atoms with Gasteiger partial charge in [0.05, 0.1) is 19.2 Å². The van der Waals surface area contributed by atoms with Gasteiger partial charge in [0.15, 0.2) is 5.17 Å². The maximum absolute atomic E-state index is 5.91. The van der Waals surface area contributed by atoms with E-state index in [-0.39, 0.29) is 6.04 Å². The van der Waals surface area contributed by atoms with Gasteiger partial charge in [-0.1, -0.05) is 48.2 Å². The van der Waals surface area contributed by atoms with Gasteiger partial charge in [-0.3, -0.25) is 4.99 Å². The van der Waals surface area contributed by atoms with Gasteiger partial charge in [0, 0.05) is 12.2 Å². The number of aryl methyl sites for hydroxylation is 1. The van der Waals surface area contributed by atoms with Crippen LogP contribution in [0.1, 0.15) is 29.2 Å². The van der Waals surface area contributed by atoms with E-state index in [1.807, 2.05) is 30.3 Å². The van der Waals surface area contributed by atoms with Gasteiger partial charge in [0.25, 0.3) is 0 Å². The van der Waals surface area contributed by atoms with Crippen LogP contribution in [-0.2, 0) is 0 Å². The summed E-state index contributed by atoms with van der Waals surface area (Å²) in [6.45, 7) is 5.94. The predicted molar refractivity (Wildman–Crippen MR) is 103 cm³/mol. The Balaban J connectivity index is 1.70. The first-order valence-corrected chi connectivity index (χ1v) is 9.40. The predicted octanol–water partition coefficient (Wildman–Crippen LogP) is 4.51. The molecular formula is C20H24N2OS. The Morgan fingerprint density at radius 2 is 1.96 bits per heavy atom. The van der Waals surface area contributed by atoms with Crippen LogP contribution in [0.15, 0.2) is 53.5 Å². The van der Waals surface area contributed by atoms with E-state index >= 15 is 0 Å². The van der Waals surface area contributed by atoms with Crippen LogP contribution in [0.25, 0.3) is 0 Å². The molecule has 0 radical (unpaired) electrons. The number of para-hydroxylation sites is 1. The Kier molecular flexibility index (Phi) is 5.81. The first-order chi connectivity index (χ1) is 11.7. The van der Waals surface area contributed by atoms with Crippen molar-refractivity contribution in [2.24, 2.45) is 4.99 Å². The van der Waals surface area contributed by atoms with E-state index in [1.54, 1.807) is 11.8 Å². The van der Waals surface area contributed by atoms with Crippen molar-refractivity contribution in [3.05, 3.63) is 65.2 Å². The van der Waals surface area contributed by atoms with Crippen molar-refractivity contribution in [1.82, 2.24) is 5.32 Å². The molecule has 1 N–H and O–H groups in total. The molecular weight excluding hydrogens is 316 g/mol. The molecule has 1 unspecified atom stereocenters. The van der Waals surface area contributed by atoms with E-state index in [2.05, 4.69) is 42.4 Å². The first-order valence-electron chi connectivity index (χ1n) is 8.42. The van der Waals surface area contributed by atoms with Crippen LogP contribution >= 0.6 is 11.8 Å². The Hall–Kier alpha value is -1.94. The summed E-state index contributed by atoms with van der Waals surface area (Å²) >= 11 is 1.80. The third-order valence-corrected chi connectivity index (χ3v) is 5.23. The summed E-state index contributed by atoms with van der Waals surface area (Å²) in [4.78, 5) is 4.55. The molecule has 126 valence electrons. The Morgan fingerprint density at radius 1 is 1.12 bits per heavy atom. The highest BCUT2D eigenvalue weighted by Gasteiger charge is 2.18. The number of hydrogen-bond donors (Lipinski definition) is 1. The van der Waals surface area contributed by atoms with Crippen LogP contribution in [0.5, 0.6) is 5.75 Å². The van der Waals surface area contributed by atoms with Gasteiger partial charge in [-0.15, -0.1) is 0 Å². The van der Waals surface area contributed by atoms with E-state index in [0.717, 1.165) is 29.6 Å². The average Bonchev–Trinajstić information content (AvgIpc) is 3.11. The summed E-state index contributed by atoms with van der Waals surface area (Å²) in [5.41, 5.74) is 4.00. The lowest BCUT2D eigenvalue weighted by Gasteiger charge is -2.23. The summed E-state index contributed by atoms with van der Waals surface area (Å²) in [5, 5.41) is 4.68. The van der Waals surface area contributed by atoms with Crippen LogP contribution in [0.3, 0.4) is 0 Å². The summed E-state index contributed by atoms with van der Waals surface area (Å²) in [5.74, 6) is 1.99. The number of thioether (sulfide) groups is 1. The fourth-order valence-corrected chi connectivity index (χ4v) is 3.62. The van der Waals surface area contributed by atoms with E-state index in [0.29, 0.717) is 6.61 Å². The van der Waals surface area contributed by atoms with Crippen LogP contribution < -0.4 is 10.1 Å². The molecule has 1 atom stereocenters. The quantitative estimate of drug-likeness (QED) is 0.840. The number of nitrogens with zero attached hydrogens (tertiary/aromatic N) is 1. The van der Waals surface area contributed by atoms with Gasteiger partial charge in [-0.2, -0.15) is 0 Å². The molecule has 0 amide bonds. The highest BCUT2D eigenvalue weighted by molar-refractivity contribution is 8.14. The molecule has 0 spiro atoms. The fraction of sp³-hybridized carbons (Fsp3) is 0.350. The molecule has 0 aliphatic carbocycles. The van der Waals surface area contributed by atoms with Crippen LogP contribution in [-0.4, -0.2) is 24.1 Å². The maximum atomic E-state index is 5.91. The lowest BCUT2D eigenvalue weighted by atomic mass is 9.96. The Morgan fingerprint density at radius 3 is 2.71 bits per heavy atom. The summed E-state index contributed by atoms with van der Waals surface area (Å²) in [7, 11) is 0. The van der Waals surface area contributed by atoms with E-state index in [4.69, 9.17) is 4.74 Å². The lowest BCUT2D eigenvalue weighted by molar-refractivity contribution is 0.294. The van der Waals surface area contributed by atoms with E-state index in [1.165, 1.54) is 16.7 Å². The second-order valence-corrected chi connectivity index (χ2v) is 7.06. The molecule has 3 rings (SSSR count). The van der Waals surface area contributed by atoms with Crippen molar-refractivity contribution >= 4 is 16.9 Å². The van der Waals surface area contributed by atoms with Crippen LogP contribution in [0.2, 0.25) is 0 Å². The highest BCUT2D eigenvalue weighted by atomic mass is 32.2. The van der Waals surface area contributed by atoms with Gasteiger partial charge in [0.1, 0.15) is 5.75 Å². The minimum absolute atomic E-state index is 0.220. The molecule has 1 aliphatic rings. The van der Waals surface area contributed by atoms with Crippen molar-refractivity contribution in [3.8, 4) is 5.75 Å². The topological polar surface area (TPSA) is 33.6 Å². The third kappa shape index (κ3) is 4.32. The smallest absolute Gasteiger partial charge is 0.157 e. The molecule has 3 nitrogen and oxygen atoms in total. The van der Waals surface area contributed by atoms with Crippen molar-refractivity contribution < 1.29 is 4.74 Å². The number of hydrogen-bond acceptors (Lipinski definition) is 4. The lowest BCUT2D eigenvalue weighted by Crippen LogP contribution is -2.27. The number of aliphatic imine (C=N–C) groups is 1. The SMILES string of the molecule is Cc1cccc(C(CCOc2ccccc2)NC2=NCCS2)c1C. The molecule has 1 heterocycles. The third-order valence-electron chi connectivity index (χ3n) is 4.32. The molecule has 0 saturated heterocycles. The molecule has 0 saturated carbocycles. The number of nitrogens with one attached hydrogen (secondary N) is 1. The summed E-state index contributed by atoms with van der Waals surface area (Å²) in [6.07, 6.45) is 0.902. The van der Waals surface area contributed by atoms with Crippen molar-refractivity contribution in [2.45, 2.75) is 26.3 Å². The molecule has 24 heavy (non-hydrogen) atoms. The summed E-state index contributed by atoms with van der Waals surface area (Å²) in [6, 6.07) is 16.7. The zero-order valence-electron chi connectivity index (χ0n) is 14.3. The van der Waals surface area contributed by atoms with Crippen molar-refractivity contribution in [1.29, 1.82) is 0 Å². The van der Waals surface area contributed by atoms with E-state index < -0.39 is 0 Å². The number of benzene rings is 2. The zero-order valence-corrected chi connectivity index (χ0v) is 15.1. The van der Waals surface area contributed by atoms with Gasteiger partial charge in [-0.25, -0.2) is 0 Å². The van der Waals surface area contributed by atoms with Gasteiger partial charge in [0.2, 0.25) is 0 Å². The van der Waals surface area contributed by atoms with Gasteiger partial charge < -0.3 is 10.1 Å². The van der Waals surface area contributed by atoms with Crippen molar-refractivity contribution in [3.63, 3.8) is 0 Å². The second kappa shape index (κ2) is 8.25. The molecule has 1 aliphatic heterocycles. The van der Waals surface area contributed by atoms with Gasteiger partial charge >= 0.3 is 0 Å². The standard InChI is InChI=1S/C20H24N2OS/c1-15-7-6-10-18(16(15)2)19(22-20-21-12-14-24-20)11-13-23-17-8-4-3-5-9-17/h3-10,19H,11-14H2,1-2H3,(H,21,22). The van der Waals surface area contributed by atoms with Crippen LogP contribution in [0, 0.1) is 13.8 Å². The summed E-state index contributed by atoms with van der Waals surface area (Å²) < 4.78 is 5.91. The number of rotatable bonds is 6. The Bertz CT molecular complexity index is 700. The fourth-order valence-electron chi connectivity index (χ4n) is 2.84. The molecule has 2 aromatic rings. The second-order valence-electron chi connectivity index (χ2n) is 5.97. The highest BCUT2D eigenvalue weighted by Crippen LogP contribution is 2.25. The van der Waals surface area contributed by atoms with Gasteiger partial charge in [-0.05, 0) is 42.7 Å². The molecule has 2 aromatic carbocycles. The average molecular weight is 340 g/mol. The largest absolute Gasteiger partial charge is 0.494 e. The minimum atomic E-state index is 0.220. The van der Waals surface area contributed by atoms with E-state index in [9.17, 15) is 0 Å². The first kappa shape index (κ1) is 16.9. The van der Waals surface area contributed by atoms with Crippen molar-refractivity contribution in [2.75, 3.05) is 18.9 Å². The molecule has 0 bridgehead atoms. The number of ether oxygens (including phenoxy) is 1. The minimum Gasteiger partial charge on any atom is -0.494 e.